The maximum absolute atomic E-state index is 4.22. The van der Waals surface area contributed by atoms with Crippen molar-refractivity contribution >= 4 is 11.5 Å². The number of fused-ring (bicyclic) bond motifs is 1. The highest BCUT2D eigenvalue weighted by Crippen LogP contribution is 2.11. The van der Waals surface area contributed by atoms with Crippen molar-refractivity contribution in [1.82, 2.24) is 19.8 Å². The predicted octanol–water partition coefficient (Wildman–Crippen LogP) is 3.35. The smallest absolute Gasteiger partial charge is 0.194 e. The molecular weight excluding hydrogens is 264 g/mol. The summed E-state index contributed by atoms with van der Waals surface area (Å²) in [5.41, 5.74) is 3.07. The van der Waals surface area contributed by atoms with Crippen molar-refractivity contribution in [3.63, 3.8) is 0 Å². The second-order valence-corrected chi connectivity index (χ2v) is 4.68. The van der Waals surface area contributed by atoms with E-state index >= 15 is 0 Å². The van der Waals surface area contributed by atoms with Crippen LogP contribution in [-0.4, -0.2) is 19.8 Å². The lowest BCUT2D eigenvalue weighted by Gasteiger charge is -1.99. The summed E-state index contributed by atoms with van der Waals surface area (Å²) in [6.07, 6.45) is 4.15. The number of benzene rings is 1. The minimum atomic E-state index is 0.520. The number of hydrogen-bond acceptors (Lipinski definition) is 5. The zero-order valence-electron chi connectivity index (χ0n) is 11.6. The summed E-state index contributed by atoms with van der Waals surface area (Å²) in [5.74, 6) is 0.520. The van der Waals surface area contributed by atoms with Gasteiger partial charge in [-0.1, -0.05) is 30.3 Å². The molecule has 3 rings (SSSR count). The first-order chi connectivity index (χ1) is 10.3. The van der Waals surface area contributed by atoms with Gasteiger partial charge in [0.15, 0.2) is 11.5 Å². The Morgan fingerprint density at radius 3 is 2.90 bits per heavy atom. The molecule has 0 saturated heterocycles. The molecule has 0 unspecified atom stereocenters. The van der Waals surface area contributed by atoms with E-state index in [4.69, 9.17) is 0 Å². The van der Waals surface area contributed by atoms with E-state index in [0.29, 0.717) is 11.5 Å². The van der Waals surface area contributed by atoms with Crippen molar-refractivity contribution in [3.05, 3.63) is 66.1 Å². The van der Waals surface area contributed by atoms with Crippen molar-refractivity contribution < 1.29 is 0 Å². The third-order valence-corrected chi connectivity index (χ3v) is 2.91. The molecule has 6 nitrogen and oxygen atoms in total. The van der Waals surface area contributed by atoms with Crippen molar-refractivity contribution in [1.29, 1.82) is 0 Å². The summed E-state index contributed by atoms with van der Waals surface area (Å²) in [6, 6.07) is 13.8. The molecule has 21 heavy (non-hydrogen) atoms. The minimum absolute atomic E-state index is 0.520. The lowest BCUT2D eigenvalue weighted by Crippen LogP contribution is -1.88. The highest BCUT2D eigenvalue weighted by atomic mass is 15.4. The summed E-state index contributed by atoms with van der Waals surface area (Å²) in [4.78, 5) is 0. The van der Waals surface area contributed by atoms with E-state index in [1.54, 1.807) is 22.8 Å². The van der Waals surface area contributed by atoms with E-state index in [0.717, 1.165) is 12.0 Å². The number of aromatic nitrogens is 4. The molecule has 0 amide bonds. The second-order valence-electron chi connectivity index (χ2n) is 4.68. The maximum Gasteiger partial charge on any atom is 0.194 e. The van der Waals surface area contributed by atoms with Crippen LogP contribution in [0.15, 0.2) is 70.8 Å². The molecule has 0 N–H and O–H groups in total. The van der Waals surface area contributed by atoms with Gasteiger partial charge in [-0.25, -0.2) is 0 Å². The molecule has 0 radical (unpaired) electrons. The van der Waals surface area contributed by atoms with Crippen LogP contribution in [0.4, 0.5) is 5.82 Å². The van der Waals surface area contributed by atoms with Crippen molar-refractivity contribution in [3.8, 4) is 0 Å². The standard InChI is InChI=1S/C15H14N6/c1-12(9-13-5-3-2-4-6-13)10-16-18-14-7-8-15-19-17-11-21(15)20-14/h2-8,10-11H,9H2,1H3/b12-10+,18-16?. The van der Waals surface area contributed by atoms with Crippen LogP contribution in [0.1, 0.15) is 12.5 Å². The van der Waals surface area contributed by atoms with Gasteiger partial charge < -0.3 is 0 Å². The Hall–Kier alpha value is -2.89. The molecule has 0 aliphatic rings. The average Bonchev–Trinajstić information content (AvgIpc) is 2.96. The largest absolute Gasteiger partial charge is 0.198 e. The first-order valence-corrected chi connectivity index (χ1v) is 6.59. The number of azo groups is 1. The molecule has 0 aliphatic heterocycles. The zero-order chi connectivity index (χ0) is 14.5. The van der Waals surface area contributed by atoms with Gasteiger partial charge in [-0.05, 0) is 36.6 Å². The summed E-state index contributed by atoms with van der Waals surface area (Å²) in [5, 5.41) is 20.0. The molecule has 2 heterocycles. The Morgan fingerprint density at radius 2 is 2.05 bits per heavy atom. The molecule has 6 heteroatoms. The lowest BCUT2D eigenvalue weighted by atomic mass is 10.1. The summed E-state index contributed by atoms with van der Waals surface area (Å²) in [7, 11) is 0. The summed E-state index contributed by atoms with van der Waals surface area (Å²) < 4.78 is 1.56. The van der Waals surface area contributed by atoms with Gasteiger partial charge >= 0.3 is 0 Å². The van der Waals surface area contributed by atoms with Gasteiger partial charge in [0, 0.05) is 6.20 Å². The van der Waals surface area contributed by atoms with E-state index in [1.807, 2.05) is 25.1 Å². The van der Waals surface area contributed by atoms with Gasteiger partial charge in [0.2, 0.25) is 0 Å². The van der Waals surface area contributed by atoms with E-state index in [2.05, 4.69) is 37.7 Å². The Labute approximate surface area is 121 Å². The number of nitrogens with zero attached hydrogens (tertiary/aromatic N) is 6. The number of allylic oxidation sites excluding steroid dienone is 1. The molecule has 0 saturated carbocycles. The van der Waals surface area contributed by atoms with Crippen LogP contribution in [-0.2, 0) is 6.42 Å². The monoisotopic (exact) mass is 278 g/mol. The predicted molar refractivity (Wildman–Crippen MR) is 79.2 cm³/mol. The Morgan fingerprint density at radius 1 is 1.19 bits per heavy atom. The topological polar surface area (TPSA) is 67.8 Å². The van der Waals surface area contributed by atoms with Crippen LogP contribution in [0.3, 0.4) is 0 Å². The zero-order valence-corrected chi connectivity index (χ0v) is 11.6. The van der Waals surface area contributed by atoms with Crippen LogP contribution >= 0.6 is 0 Å². The van der Waals surface area contributed by atoms with Gasteiger partial charge in [-0.3, -0.25) is 0 Å². The fourth-order valence-electron chi connectivity index (χ4n) is 1.92. The molecule has 0 fully saturated rings. The Balaban J connectivity index is 1.69. The van der Waals surface area contributed by atoms with E-state index < -0.39 is 0 Å². The fraction of sp³-hybridized carbons (Fsp3) is 0.133. The average molecular weight is 278 g/mol. The second kappa shape index (κ2) is 6.04. The highest BCUT2D eigenvalue weighted by Gasteiger charge is 1.97. The van der Waals surface area contributed by atoms with E-state index in [-0.39, 0.29) is 0 Å². The third-order valence-electron chi connectivity index (χ3n) is 2.91. The Bertz CT molecular complexity index is 788. The van der Waals surface area contributed by atoms with Crippen LogP contribution in [0.2, 0.25) is 0 Å². The SMILES string of the molecule is C/C(=C\N=Nc1ccc2nncn2n1)Cc1ccccc1. The quantitative estimate of drug-likeness (QED) is 0.687. The highest BCUT2D eigenvalue weighted by molar-refractivity contribution is 5.39. The molecule has 2 aromatic heterocycles. The molecule has 3 aromatic rings. The van der Waals surface area contributed by atoms with Crippen molar-refractivity contribution in [2.24, 2.45) is 10.2 Å². The molecule has 0 aliphatic carbocycles. The molecule has 1 aromatic carbocycles. The van der Waals surface area contributed by atoms with Crippen LogP contribution in [0.25, 0.3) is 5.65 Å². The molecule has 0 bridgehead atoms. The van der Waals surface area contributed by atoms with Crippen LogP contribution < -0.4 is 0 Å². The maximum atomic E-state index is 4.22. The molecule has 0 atom stereocenters. The third kappa shape index (κ3) is 3.36. The van der Waals surface area contributed by atoms with Crippen LogP contribution in [0.5, 0.6) is 0 Å². The van der Waals surface area contributed by atoms with Gasteiger partial charge in [0.05, 0.1) is 0 Å². The molecular formula is C15H14N6. The fourth-order valence-corrected chi connectivity index (χ4v) is 1.92. The number of hydrogen-bond donors (Lipinski definition) is 0. The van der Waals surface area contributed by atoms with Gasteiger partial charge in [0.25, 0.3) is 0 Å². The minimum Gasteiger partial charge on any atom is -0.198 e. The van der Waals surface area contributed by atoms with Gasteiger partial charge in [0.1, 0.15) is 6.33 Å². The van der Waals surface area contributed by atoms with E-state index in [1.165, 1.54) is 11.9 Å². The van der Waals surface area contributed by atoms with Crippen LogP contribution in [0, 0.1) is 0 Å². The molecule has 0 spiro atoms. The number of rotatable bonds is 4. The normalized spacial score (nSPS) is 12.3. The van der Waals surface area contributed by atoms with Crippen molar-refractivity contribution in [2.75, 3.05) is 0 Å². The Kier molecular flexibility index (Phi) is 3.77. The lowest BCUT2D eigenvalue weighted by molar-refractivity contribution is 0.911. The summed E-state index contributed by atoms with van der Waals surface area (Å²) >= 11 is 0. The molecule has 104 valence electrons. The van der Waals surface area contributed by atoms with Gasteiger partial charge in [-0.15, -0.1) is 20.4 Å². The first-order valence-electron chi connectivity index (χ1n) is 6.59. The van der Waals surface area contributed by atoms with Crippen molar-refractivity contribution in [2.45, 2.75) is 13.3 Å². The van der Waals surface area contributed by atoms with E-state index in [9.17, 15) is 0 Å². The summed E-state index contributed by atoms with van der Waals surface area (Å²) in [6.45, 7) is 2.03. The first kappa shape index (κ1) is 13.1. The van der Waals surface area contributed by atoms with Gasteiger partial charge in [-0.2, -0.15) is 9.63 Å².